The Morgan fingerprint density at radius 1 is 0.909 bits per heavy atom. The predicted molar refractivity (Wildman–Crippen MR) is 167 cm³/mol. The second-order valence-corrected chi connectivity index (χ2v) is 11.1. The van der Waals surface area contributed by atoms with Crippen molar-refractivity contribution in [3.05, 3.63) is 94.8 Å². The normalized spacial score (nSPS) is 14.2. The minimum absolute atomic E-state index is 0.115. The first-order valence-corrected chi connectivity index (χ1v) is 14.9. The molecule has 0 saturated heterocycles. The van der Waals surface area contributed by atoms with Crippen LogP contribution in [0.1, 0.15) is 45.3 Å². The molecule has 0 aliphatic carbocycles. The number of hydrogen-bond acceptors (Lipinski definition) is 9. The van der Waals surface area contributed by atoms with Gasteiger partial charge in [0.2, 0.25) is 0 Å². The first-order valence-electron chi connectivity index (χ1n) is 13.9. The molecule has 44 heavy (non-hydrogen) atoms. The van der Waals surface area contributed by atoms with Crippen LogP contribution in [0.2, 0.25) is 0 Å². The van der Waals surface area contributed by atoms with Crippen LogP contribution in [-0.2, 0) is 18.4 Å². The van der Waals surface area contributed by atoms with Crippen LogP contribution in [0.15, 0.2) is 77.0 Å². The van der Waals surface area contributed by atoms with Gasteiger partial charge in [-0.2, -0.15) is 5.10 Å². The van der Waals surface area contributed by atoms with Crippen molar-refractivity contribution in [1.82, 2.24) is 25.1 Å². The molecule has 1 aromatic heterocycles. The van der Waals surface area contributed by atoms with Gasteiger partial charge in [-0.3, -0.25) is 9.59 Å². The van der Waals surface area contributed by atoms with Gasteiger partial charge >= 0.3 is 0 Å². The largest absolute Gasteiger partial charge is 0.497 e. The number of carbonyl (C=O) groups is 2. The molecule has 2 heterocycles. The number of rotatable bonds is 11. The van der Waals surface area contributed by atoms with Gasteiger partial charge in [-0.25, -0.2) is 5.01 Å². The zero-order chi connectivity index (χ0) is 31.2. The summed E-state index contributed by atoms with van der Waals surface area (Å²) in [5.74, 6) is 1.99. The SMILES string of the molecule is COc1ccc(C2=NN(C(=O)CSc3nnc(CNC(=O)c4cc(OC)cc(OC)c4)n3C)[C@H](c3ccc(C)cc3)C2)cc1. The molecule has 1 aliphatic heterocycles. The number of carbonyl (C=O) groups excluding carboxylic acids is 2. The average molecular weight is 615 g/mol. The van der Waals surface area contributed by atoms with Crippen molar-refractivity contribution >= 4 is 29.3 Å². The van der Waals surface area contributed by atoms with Crippen LogP contribution < -0.4 is 19.5 Å². The highest BCUT2D eigenvalue weighted by Crippen LogP contribution is 2.34. The van der Waals surface area contributed by atoms with Gasteiger partial charge in [-0.1, -0.05) is 41.6 Å². The summed E-state index contributed by atoms with van der Waals surface area (Å²) in [6.45, 7) is 2.18. The lowest BCUT2D eigenvalue weighted by Crippen LogP contribution is -2.28. The van der Waals surface area contributed by atoms with Crippen molar-refractivity contribution in [2.45, 2.75) is 31.1 Å². The second-order valence-electron chi connectivity index (χ2n) is 10.2. The van der Waals surface area contributed by atoms with Crippen molar-refractivity contribution < 1.29 is 23.8 Å². The smallest absolute Gasteiger partial charge is 0.253 e. The van der Waals surface area contributed by atoms with Crippen molar-refractivity contribution in [2.75, 3.05) is 27.1 Å². The lowest BCUT2D eigenvalue weighted by atomic mass is 9.97. The highest BCUT2D eigenvalue weighted by Gasteiger charge is 2.33. The van der Waals surface area contributed by atoms with E-state index < -0.39 is 0 Å². The summed E-state index contributed by atoms with van der Waals surface area (Å²) in [6.07, 6.45) is 0.596. The van der Waals surface area contributed by atoms with Crippen LogP contribution in [0.25, 0.3) is 0 Å². The molecule has 1 N–H and O–H groups in total. The summed E-state index contributed by atoms with van der Waals surface area (Å²) in [7, 11) is 6.48. The molecule has 0 fully saturated rings. The van der Waals surface area contributed by atoms with Crippen molar-refractivity contribution in [3.8, 4) is 17.2 Å². The topological polar surface area (TPSA) is 120 Å². The molecular formula is C32H34N6O5S. The first kappa shape index (κ1) is 30.6. The maximum absolute atomic E-state index is 13.6. The van der Waals surface area contributed by atoms with Gasteiger partial charge in [0.05, 0.1) is 45.4 Å². The number of aromatic nitrogens is 3. The van der Waals surface area contributed by atoms with E-state index in [0.717, 1.165) is 28.2 Å². The van der Waals surface area contributed by atoms with Crippen LogP contribution in [0.5, 0.6) is 17.2 Å². The summed E-state index contributed by atoms with van der Waals surface area (Å²) in [4.78, 5) is 26.4. The van der Waals surface area contributed by atoms with E-state index in [0.29, 0.717) is 34.5 Å². The van der Waals surface area contributed by atoms with Gasteiger partial charge < -0.3 is 24.1 Å². The predicted octanol–water partition coefficient (Wildman–Crippen LogP) is 4.55. The van der Waals surface area contributed by atoms with E-state index in [1.54, 1.807) is 41.9 Å². The monoisotopic (exact) mass is 614 g/mol. The molecule has 2 amide bonds. The lowest BCUT2D eigenvalue weighted by Gasteiger charge is -2.22. The number of hydrazone groups is 1. The molecule has 3 aromatic carbocycles. The maximum atomic E-state index is 13.6. The highest BCUT2D eigenvalue weighted by atomic mass is 32.2. The van der Waals surface area contributed by atoms with Crippen LogP contribution in [-0.4, -0.2) is 64.4 Å². The van der Waals surface area contributed by atoms with E-state index in [2.05, 4.69) is 15.5 Å². The standard InChI is InChI=1S/C32H34N6O5S/c1-20-6-8-22(9-7-20)28-17-27(21-10-12-24(41-3)13-11-21)36-38(28)30(39)19-44-32-35-34-29(37(32)2)18-33-31(40)23-14-25(42-4)16-26(15-23)43-5/h6-16,28H,17-19H2,1-5H3,(H,33,40)/t28-/m0/s1. The van der Waals surface area contributed by atoms with Crippen LogP contribution in [0.4, 0.5) is 0 Å². The number of methoxy groups -OCH3 is 3. The molecule has 0 unspecified atom stereocenters. The van der Waals surface area contributed by atoms with Gasteiger partial charge in [0, 0.05) is 25.1 Å². The number of nitrogens with zero attached hydrogens (tertiary/aromatic N) is 5. The van der Waals surface area contributed by atoms with Crippen LogP contribution in [0.3, 0.4) is 0 Å². The Kier molecular flexibility index (Phi) is 9.49. The second kappa shape index (κ2) is 13.6. The van der Waals surface area contributed by atoms with Gasteiger partial charge in [-0.15, -0.1) is 10.2 Å². The molecule has 0 saturated carbocycles. The quantitative estimate of drug-likeness (QED) is 0.245. The molecule has 12 heteroatoms. The fraction of sp³-hybridized carbons (Fsp3) is 0.281. The first-order chi connectivity index (χ1) is 21.3. The molecular weight excluding hydrogens is 580 g/mol. The minimum atomic E-state index is -0.309. The number of hydrogen-bond donors (Lipinski definition) is 1. The molecule has 4 aromatic rings. The molecule has 228 valence electrons. The fourth-order valence-electron chi connectivity index (χ4n) is 4.76. The number of thioether (sulfide) groups is 1. The van der Waals surface area contributed by atoms with Crippen molar-refractivity contribution in [1.29, 1.82) is 0 Å². The Balaban J connectivity index is 1.26. The number of ether oxygens (including phenoxy) is 3. The average Bonchev–Trinajstić information content (AvgIpc) is 3.66. The van der Waals surface area contributed by atoms with E-state index in [4.69, 9.17) is 19.3 Å². The molecule has 1 atom stereocenters. The third kappa shape index (κ3) is 6.86. The summed E-state index contributed by atoms with van der Waals surface area (Å²) >= 11 is 1.27. The molecule has 11 nitrogen and oxygen atoms in total. The Morgan fingerprint density at radius 2 is 1.57 bits per heavy atom. The van der Waals surface area contributed by atoms with Gasteiger partial charge in [0.15, 0.2) is 11.0 Å². The van der Waals surface area contributed by atoms with E-state index >= 15 is 0 Å². The molecule has 1 aliphatic rings. The molecule has 0 radical (unpaired) electrons. The van der Waals surface area contributed by atoms with Crippen LogP contribution in [0, 0.1) is 6.92 Å². The Labute approximate surface area is 260 Å². The number of aryl methyl sites for hydroxylation is 1. The van der Waals surface area contributed by atoms with E-state index in [-0.39, 0.29) is 30.2 Å². The number of nitrogens with one attached hydrogen (secondary N) is 1. The highest BCUT2D eigenvalue weighted by molar-refractivity contribution is 7.99. The zero-order valence-electron chi connectivity index (χ0n) is 25.2. The molecule has 0 spiro atoms. The summed E-state index contributed by atoms with van der Waals surface area (Å²) in [5.41, 5.74) is 4.34. The van der Waals surface area contributed by atoms with E-state index in [9.17, 15) is 9.59 Å². The molecule has 5 rings (SSSR count). The minimum Gasteiger partial charge on any atom is -0.497 e. The van der Waals surface area contributed by atoms with Gasteiger partial charge in [-0.05, 0) is 54.4 Å². The van der Waals surface area contributed by atoms with Crippen LogP contribution >= 0.6 is 11.8 Å². The maximum Gasteiger partial charge on any atom is 0.253 e. The van der Waals surface area contributed by atoms with E-state index in [1.165, 1.54) is 26.0 Å². The zero-order valence-corrected chi connectivity index (χ0v) is 26.1. The Bertz CT molecular complexity index is 1650. The van der Waals surface area contributed by atoms with E-state index in [1.807, 2.05) is 55.5 Å². The van der Waals surface area contributed by atoms with Gasteiger partial charge in [0.25, 0.3) is 11.8 Å². The summed E-state index contributed by atoms with van der Waals surface area (Å²) in [5, 5.41) is 18.2. The Morgan fingerprint density at radius 3 is 2.20 bits per heavy atom. The third-order valence-corrected chi connectivity index (χ3v) is 8.33. The summed E-state index contributed by atoms with van der Waals surface area (Å²) < 4.78 is 17.6. The lowest BCUT2D eigenvalue weighted by molar-refractivity contribution is -0.130. The molecule has 0 bridgehead atoms. The third-order valence-electron chi connectivity index (χ3n) is 7.32. The van der Waals surface area contributed by atoms with Crippen molar-refractivity contribution in [3.63, 3.8) is 0 Å². The summed E-state index contributed by atoms with van der Waals surface area (Å²) in [6, 6.07) is 20.6. The van der Waals surface area contributed by atoms with Gasteiger partial charge in [0.1, 0.15) is 17.2 Å². The van der Waals surface area contributed by atoms with Crippen molar-refractivity contribution in [2.24, 2.45) is 12.1 Å². The Hall–Kier alpha value is -4.84. The number of amides is 2. The number of benzene rings is 3. The fourth-order valence-corrected chi connectivity index (χ4v) is 5.55.